The summed E-state index contributed by atoms with van der Waals surface area (Å²) in [7, 11) is 0. The zero-order valence-electron chi connectivity index (χ0n) is 13.8. The third kappa shape index (κ3) is 3.49. The van der Waals surface area contributed by atoms with Gasteiger partial charge in [-0.1, -0.05) is 58.0 Å². The molecule has 0 bridgehead atoms. The number of carbonyl (C=O) groups is 2. The molecule has 0 N–H and O–H groups in total. The number of cyclic esters (lactones) is 1. The molecule has 1 fully saturated rings. The predicted molar refractivity (Wildman–Crippen MR) is 85.3 cm³/mol. The van der Waals surface area contributed by atoms with Gasteiger partial charge in [0.1, 0.15) is 6.61 Å². The third-order valence-electron chi connectivity index (χ3n) is 4.74. The van der Waals surface area contributed by atoms with Crippen molar-refractivity contribution in [2.45, 2.75) is 40.2 Å². The maximum absolute atomic E-state index is 12.7. The Hall–Kier alpha value is -1.84. The number of nitrogens with zero attached hydrogens (tertiary/aromatic N) is 1. The molecule has 0 radical (unpaired) electrons. The van der Waals surface area contributed by atoms with Crippen molar-refractivity contribution in [2.24, 2.45) is 17.8 Å². The fourth-order valence-electron chi connectivity index (χ4n) is 2.79. The summed E-state index contributed by atoms with van der Waals surface area (Å²) in [4.78, 5) is 26.1. The number of benzene rings is 1. The van der Waals surface area contributed by atoms with Gasteiger partial charge in [0.2, 0.25) is 5.91 Å². The quantitative estimate of drug-likeness (QED) is 0.836. The molecule has 4 nitrogen and oxygen atoms in total. The number of amides is 2. The van der Waals surface area contributed by atoms with Gasteiger partial charge in [0.25, 0.3) is 0 Å². The Kier molecular flexibility index (Phi) is 5.22. The lowest BCUT2D eigenvalue weighted by Crippen LogP contribution is -2.44. The molecule has 0 spiro atoms. The van der Waals surface area contributed by atoms with Gasteiger partial charge in [0.15, 0.2) is 0 Å². The lowest BCUT2D eigenvalue weighted by atomic mass is 9.85. The van der Waals surface area contributed by atoms with Crippen molar-refractivity contribution in [1.29, 1.82) is 0 Å². The van der Waals surface area contributed by atoms with Gasteiger partial charge in [-0.25, -0.2) is 9.69 Å². The summed E-state index contributed by atoms with van der Waals surface area (Å²) in [5.41, 5.74) is 1.10. The SMILES string of the molecule is CC(C)[C@@H](C)[C@H](C)C(=O)N1C(=O)OC[C@@H]1Cc1ccccc1. The minimum absolute atomic E-state index is 0.121. The van der Waals surface area contributed by atoms with Crippen molar-refractivity contribution in [2.75, 3.05) is 6.61 Å². The standard InChI is InChI=1S/C18H25NO3/c1-12(2)13(3)14(4)17(20)19-16(11-22-18(19)21)10-15-8-6-5-7-9-15/h5-9,12-14,16H,10-11H2,1-4H3/t13-,14+,16+/m1/s1. The number of rotatable bonds is 5. The summed E-state index contributed by atoms with van der Waals surface area (Å²) >= 11 is 0. The van der Waals surface area contributed by atoms with Crippen LogP contribution in [0.2, 0.25) is 0 Å². The molecule has 0 aliphatic carbocycles. The van der Waals surface area contributed by atoms with E-state index in [2.05, 4.69) is 20.8 Å². The number of hydrogen-bond acceptors (Lipinski definition) is 3. The highest BCUT2D eigenvalue weighted by Crippen LogP contribution is 2.26. The van der Waals surface area contributed by atoms with Gasteiger partial charge in [-0.3, -0.25) is 4.79 Å². The molecular weight excluding hydrogens is 278 g/mol. The maximum atomic E-state index is 12.7. The molecular formula is C18H25NO3. The molecule has 4 heteroatoms. The van der Waals surface area contributed by atoms with Crippen LogP contribution in [-0.4, -0.2) is 29.5 Å². The van der Waals surface area contributed by atoms with Gasteiger partial charge < -0.3 is 4.74 Å². The molecule has 1 aliphatic heterocycles. The van der Waals surface area contributed by atoms with Crippen molar-refractivity contribution in [3.05, 3.63) is 35.9 Å². The monoisotopic (exact) mass is 303 g/mol. The van der Waals surface area contributed by atoms with Gasteiger partial charge in [0.05, 0.1) is 6.04 Å². The summed E-state index contributed by atoms with van der Waals surface area (Å²) in [6, 6.07) is 9.68. The molecule has 1 heterocycles. The summed E-state index contributed by atoms with van der Waals surface area (Å²) in [5.74, 6) is 0.303. The first-order valence-corrected chi connectivity index (χ1v) is 7.95. The lowest BCUT2D eigenvalue weighted by molar-refractivity contribution is -0.134. The normalized spacial score (nSPS) is 20.9. The average Bonchev–Trinajstić information content (AvgIpc) is 2.86. The molecule has 1 aliphatic rings. The topological polar surface area (TPSA) is 46.6 Å². The van der Waals surface area contributed by atoms with Crippen LogP contribution in [-0.2, 0) is 16.0 Å². The van der Waals surface area contributed by atoms with E-state index in [9.17, 15) is 9.59 Å². The van der Waals surface area contributed by atoms with Crippen LogP contribution < -0.4 is 0 Å². The van der Waals surface area contributed by atoms with Crippen LogP contribution in [0, 0.1) is 17.8 Å². The van der Waals surface area contributed by atoms with Gasteiger partial charge in [-0.2, -0.15) is 0 Å². The fourth-order valence-corrected chi connectivity index (χ4v) is 2.79. The van der Waals surface area contributed by atoms with Gasteiger partial charge in [-0.05, 0) is 23.8 Å². The van der Waals surface area contributed by atoms with Crippen LogP contribution in [0.1, 0.15) is 33.3 Å². The first-order chi connectivity index (χ1) is 10.4. The van der Waals surface area contributed by atoms with Crippen LogP contribution in [0.5, 0.6) is 0 Å². The van der Waals surface area contributed by atoms with Crippen LogP contribution >= 0.6 is 0 Å². The van der Waals surface area contributed by atoms with Crippen LogP contribution in [0.25, 0.3) is 0 Å². The van der Waals surface area contributed by atoms with Crippen LogP contribution in [0.4, 0.5) is 4.79 Å². The van der Waals surface area contributed by atoms with Crippen molar-refractivity contribution in [3.63, 3.8) is 0 Å². The second-order valence-electron chi connectivity index (χ2n) is 6.52. The highest BCUT2D eigenvalue weighted by molar-refractivity contribution is 5.94. The van der Waals surface area contributed by atoms with Crippen molar-refractivity contribution >= 4 is 12.0 Å². The Balaban J connectivity index is 2.12. The minimum atomic E-state index is -0.506. The molecule has 22 heavy (non-hydrogen) atoms. The van der Waals surface area contributed by atoms with Gasteiger partial charge in [-0.15, -0.1) is 0 Å². The minimum Gasteiger partial charge on any atom is -0.447 e. The Morgan fingerprint density at radius 1 is 1.23 bits per heavy atom. The van der Waals surface area contributed by atoms with E-state index in [0.717, 1.165) is 5.56 Å². The Morgan fingerprint density at radius 3 is 2.45 bits per heavy atom. The zero-order chi connectivity index (χ0) is 16.3. The van der Waals surface area contributed by atoms with E-state index >= 15 is 0 Å². The fraction of sp³-hybridized carbons (Fsp3) is 0.556. The first-order valence-electron chi connectivity index (χ1n) is 7.95. The van der Waals surface area contributed by atoms with Crippen molar-refractivity contribution < 1.29 is 14.3 Å². The summed E-state index contributed by atoms with van der Waals surface area (Å²) in [6.45, 7) is 8.43. The second-order valence-corrected chi connectivity index (χ2v) is 6.52. The zero-order valence-corrected chi connectivity index (χ0v) is 13.8. The van der Waals surface area contributed by atoms with Crippen molar-refractivity contribution in [1.82, 2.24) is 4.90 Å². The average molecular weight is 303 g/mol. The van der Waals surface area contributed by atoms with Gasteiger partial charge >= 0.3 is 6.09 Å². The first kappa shape index (κ1) is 16.5. The van der Waals surface area contributed by atoms with Gasteiger partial charge in [0, 0.05) is 5.92 Å². The predicted octanol–water partition coefficient (Wildman–Crippen LogP) is 3.50. The van der Waals surface area contributed by atoms with E-state index < -0.39 is 6.09 Å². The molecule has 1 aromatic carbocycles. The molecule has 1 saturated heterocycles. The molecule has 120 valence electrons. The van der Waals surface area contributed by atoms with Crippen LogP contribution in [0.15, 0.2) is 30.3 Å². The third-order valence-corrected chi connectivity index (χ3v) is 4.74. The number of imide groups is 1. The lowest BCUT2D eigenvalue weighted by Gasteiger charge is -2.28. The molecule has 1 aromatic rings. The summed E-state index contributed by atoms with van der Waals surface area (Å²) in [6.07, 6.45) is 0.134. The number of ether oxygens (including phenoxy) is 1. The van der Waals surface area contributed by atoms with E-state index in [1.807, 2.05) is 37.3 Å². The largest absolute Gasteiger partial charge is 0.447 e. The molecule has 3 atom stereocenters. The van der Waals surface area contributed by atoms with Crippen molar-refractivity contribution in [3.8, 4) is 0 Å². The van der Waals surface area contributed by atoms with Crippen LogP contribution in [0.3, 0.4) is 0 Å². The molecule has 0 saturated carbocycles. The summed E-state index contributed by atoms with van der Waals surface area (Å²) < 4.78 is 5.13. The highest BCUT2D eigenvalue weighted by Gasteiger charge is 2.41. The van der Waals surface area contributed by atoms with E-state index in [-0.39, 0.29) is 30.4 Å². The van der Waals surface area contributed by atoms with E-state index in [1.165, 1.54) is 4.90 Å². The summed E-state index contributed by atoms with van der Waals surface area (Å²) in [5, 5.41) is 0. The number of carbonyl (C=O) groups excluding carboxylic acids is 2. The smallest absolute Gasteiger partial charge is 0.416 e. The maximum Gasteiger partial charge on any atom is 0.416 e. The Bertz CT molecular complexity index is 526. The van der Waals surface area contributed by atoms with E-state index in [1.54, 1.807) is 0 Å². The number of hydrogen-bond donors (Lipinski definition) is 0. The molecule has 2 amide bonds. The van der Waals surface area contributed by atoms with E-state index in [4.69, 9.17) is 4.74 Å². The Labute approximate surface area is 132 Å². The Morgan fingerprint density at radius 2 is 1.86 bits per heavy atom. The highest BCUT2D eigenvalue weighted by atomic mass is 16.6. The van der Waals surface area contributed by atoms with E-state index in [0.29, 0.717) is 12.3 Å². The second kappa shape index (κ2) is 6.95. The molecule has 0 aromatic heterocycles. The molecule has 0 unspecified atom stereocenters. The molecule has 2 rings (SSSR count).